The molecular weight excluding hydrogens is 122 g/mol. The lowest BCUT2D eigenvalue weighted by molar-refractivity contribution is 0.118. The van der Waals surface area contributed by atoms with Crippen LogP contribution in [0.25, 0.3) is 0 Å². The van der Waals surface area contributed by atoms with Crippen LogP contribution in [-0.2, 0) is 4.74 Å². The van der Waals surface area contributed by atoms with Gasteiger partial charge in [-0.15, -0.1) is 0 Å². The third-order valence-electron chi connectivity index (χ3n) is 0.508. The van der Waals surface area contributed by atoms with Crippen LogP contribution in [-0.4, -0.2) is 11.3 Å². The summed E-state index contributed by atoms with van der Waals surface area (Å²) in [7, 11) is 0. The Morgan fingerprint density at radius 2 is 2.44 bits per heavy atom. The molecule has 4 nitrogen and oxygen atoms in total. The van der Waals surface area contributed by atoms with Crippen LogP contribution >= 0.6 is 0 Å². The van der Waals surface area contributed by atoms with Crippen LogP contribution in [0.4, 0.5) is 4.79 Å². The van der Waals surface area contributed by atoms with Crippen LogP contribution < -0.4 is 0 Å². The van der Waals surface area contributed by atoms with Crippen LogP contribution in [0.2, 0.25) is 0 Å². The van der Waals surface area contributed by atoms with Crippen molar-refractivity contribution < 1.29 is 14.6 Å². The molecule has 0 aromatic heterocycles. The number of carbonyl (C=O) groups is 1. The van der Waals surface area contributed by atoms with Gasteiger partial charge in [0.15, 0.2) is 0 Å². The van der Waals surface area contributed by atoms with Gasteiger partial charge in [-0.05, 0) is 0 Å². The van der Waals surface area contributed by atoms with Crippen molar-refractivity contribution in [3.8, 4) is 6.07 Å². The van der Waals surface area contributed by atoms with Gasteiger partial charge in [0.1, 0.15) is 5.76 Å². The zero-order valence-corrected chi connectivity index (χ0v) is 4.63. The normalized spacial score (nSPS) is 7.44. The minimum atomic E-state index is -1.43. The summed E-state index contributed by atoms with van der Waals surface area (Å²) in [5, 5.41) is 15.9. The Labute approximate surface area is 52.0 Å². The van der Waals surface area contributed by atoms with Gasteiger partial charge in [-0.2, -0.15) is 5.26 Å². The lowest BCUT2D eigenvalue weighted by atomic mass is 10.4. The van der Waals surface area contributed by atoms with Gasteiger partial charge in [0.25, 0.3) is 0 Å². The maximum absolute atomic E-state index is 9.69. The first-order valence-corrected chi connectivity index (χ1v) is 2.12. The van der Waals surface area contributed by atoms with E-state index in [1.807, 2.05) is 0 Å². The fourth-order valence-corrected chi connectivity index (χ4v) is 0.248. The van der Waals surface area contributed by atoms with Crippen molar-refractivity contribution in [2.24, 2.45) is 0 Å². The molecule has 4 heteroatoms. The van der Waals surface area contributed by atoms with Gasteiger partial charge in [0, 0.05) is 0 Å². The maximum atomic E-state index is 9.69. The molecule has 0 saturated carbocycles. The van der Waals surface area contributed by atoms with Crippen molar-refractivity contribution in [3.63, 3.8) is 0 Å². The van der Waals surface area contributed by atoms with Crippen LogP contribution in [0.3, 0.4) is 0 Å². The van der Waals surface area contributed by atoms with E-state index in [1.165, 1.54) is 0 Å². The summed E-state index contributed by atoms with van der Waals surface area (Å²) >= 11 is 0. The van der Waals surface area contributed by atoms with Crippen molar-refractivity contribution in [1.82, 2.24) is 0 Å². The van der Waals surface area contributed by atoms with Gasteiger partial charge in [-0.3, -0.25) is 0 Å². The second-order valence-electron chi connectivity index (χ2n) is 1.24. The Balaban J connectivity index is 3.54. The van der Waals surface area contributed by atoms with Gasteiger partial charge in [0.2, 0.25) is 0 Å². The molecule has 0 heterocycles. The summed E-state index contributed by atoms with van der Waals surface area (Å²) in [5.74, 6) is -0.0509. The Morgan fingerprint density at radius 1 is 1.89 bits per heavy atom. The molecule has 0 saturated heterocycles. The molecule has 0 aliphatic heterocycles. The average Bonchev–Trinajstić information content (AvgIpc) is 1.63. The van der Waals surface area contributed by atoms with Crippen LogP contribution in [0.5, 0.6) is 0 Å². The molecular formula is C5H5NO3. The van der Waals surface area contributed by atoms with Crippen LogP contribution in [0, 0.1) is 11.3 Å². The monoisotopic (exact) mass is 127 g/mol. The Kier molecular flexibility index (Phi) is 2.91. The van der Waals surface area contributed by atoms with E-state index in [2.05, 4.69) is 11.3 Å². The summed E-state index contributed by atoms with van der Waals surface area (Å²) in [6.45, 7) is 3.16. The molecule has 0 spiro atoms. The average molecular weight is 127 g/mol. The smallest absolute Gasteiger partial charge is 0.449 e. The molecule has 0 unspecified atom stereocenters. The summed E-state index contributed by atoms with van der Waals surface area (Å²) in [6, 6.07) is 1.68. The van der Waals surface area contributed by atoms with Crippen molar-refractivity contribution in [3.05, 3.63) is 12.3 Å². The number of carboxylic acid groups (broad SMARTS) is 1. The van der Waals surface area contributed by atoms with Gasteiger partial charge in [-0.25, -0.2) is 4.79 Å². The highest BCUT2D eigenvalue weighted by Gasteiger charge is 1.98. The van der Waals surface area contributed by atoms with Gasteiger partial charge in [0.05, 0.1) is 12.5 Å². The summed E-state index contributed by atoms with van der Waals surface area (Å²) in [6.07, 6.45) is -1.53. The zero-order chi connectivity index (χ0) is 7.28. The molecule has 0 atom stereocenters. The molecule has 0 aliphatic carbocycles. The van der Waals surface area contributed by atoms with E-state index in [0.29, 0.717) is 0 Å². The highest BCUT2D eigenvalue weighted by Crippen LogP contribution is 1.97. The molecule has 0 aromatic rings. The van der Waals surface area contributed by atoms with Crippen molar-refractivity contribution in [2.75, 3.05) is 0 Å². The van der Waals surface area contributed by atoms with E-state index in [-0.39, 0.29) is 12.2 Å². The van der Waals surface area contributed by atoms with E-state index in [4.69, 9.17) is 10.4 Å². The van der Waals surface area contributed by atoms with Crippen LogP contribution in [0.1, 0.15) is 6.42 Å². The molecule has 0 radical (unpaired) electrons. The Hall–Kier alpha value is -1.50. The van der Waals surface area contributed by atoms with Gasteiger partial charge < -0.3 is 9.84 Å². The second-order valence-corrected chi connectivity index (χ2v) is 1.24. The predicted molar refractivity (Wildman–Crippen MR) is 28.5 cm³/mol. The number of ether oxygens (including phenoxy) is 1. The fraction of sp³-hybridized carbons (Fsp3) is 0.200. The summed E-state index contributed by atoms with van der Waals surface area (Å²) in [4.78, 5) is 9.69. The number of nitriles is 1. The minimum absolute atomic E-state index is 0.0509. The lowest BCUT2D eigenvalue weighted by Gasteiger charge is -1.95. The fourth-order valence-electron chi connectivity index (χ4n) is 0.248. The minimum Gasteiger partial charge on any atom is -0.449 e. The predicted octanol–water partition coefficient (Wildman–Crippen LogP) is 1.11. The van der Waals surface area contributed by atoms with Crippen molar-refractivity contribution >= 4 is 6.16 Å². The molecule has 48 valence electrons. The van der Waals surface area contributed by atoms with Crippen molar-refractivity contribution in [1.29, 1.82) is 5.26 Å². The Morgan fingerprint density at radius 3 is 2.78 bits per heavy atom. The lowest BCUT2D eigenvalue weighted by Crippen LogP contribution is -1.97. The van der Waals surface area contributed by atoms with E-state index < -0.39 is 6.16 Å². The third-order valence-corrected chi connectivity index (χ3v) is 0.508. The van der Waals surface area contributed by atoms with Gasteiger partial charge in [-0.1, -0.05) is 6.58 Å². The number of hydrogen-bond donors (Lipinski definition) is 1. The topological polar surface area (TPSA) is 70.3 Å². The summed E-state index contributed by atoms with van der Waals surface area (Å²) < 4.78 is 3.99. The molecule has 0 aromatic carbocycles. The highest BCUT2D eigenvalue weighted by atomic mass is 16.7. The first kappa shape index (κ1) is 7.50. The quantitative estimate of drug-likeness (QED) is 0.445. The molecule has 0 fully saturated rings. The number of nitrogens with zero attached hydrogens (tertiary/aromatic N) is 1. The number of rotatable bonds is 2. The molecule has 0 aliphatic rings. The summed E-state index contributed by atoms with van der Waals surface area (Å²) in [5.41, 5.74) is 0. The van der Waals surface area contributed by atoms with Gasteiger partial charge >= 0.3 is 6.16 Å². The third kappa shape index (κ3) is 4.35. The highest BCUT2D eigenvalue weighted by molar-refractivity contribution is 5.58. The van der Waals surface area contributed by atoms with Crippen LogP contribution in [0.15, 0.2) is 12.3 Å². The Bertz CT molecular complexity index is 168. The second kappa shape index (κ2) is 3.50. The largest absolute Gasteiger partial charge is 0.511 e. The van der Waals surface area contributed by atoms with Crippen molar-refractivity contribution in [2.45, 2.75) is 6.42 Å². The first-order valence-electron chi connectivity index (χ1n) is 2.12. The molecule has 0 rings (SSSR count). The SMILES string of the molecule is C=C(CC#N)OC(=O)O. The van der Waals surface area contributed by atoms with E-state index in [0.717, 1.165) is 0 Å². The molecule has 0 amide bonds. The number of allylic oxidation sites excluding steroid dienone is 1. The number of hydrogen-bond acceptors (Lipinski definition) is 3. The molecule has 0 bridgehead atoms. The molecule has 9 heavy (non-hydrogen) atoms. The zero-order valence-electron chi connectivity index (χ0n) is 4.63. The van der Waals surface area contributed by atoms with E-state index in [9.17, 15) is 4.79 Å². The first-order chi connectivity index (χ1) is 4.16. The van der Waals surface area contributed by atoms with E-state index in [1.54, 1.807) is 6.07 Å². The molecule has 1 N–H and O–H groups in total. The standard InChI is InChI=1S/C5H5NO3/c1-4(2-3-6)9-5(7)8/h1-2H2,(H,7,8). The van der Waals surface area contributed by atoms with E-state index >= 15 is 0 Å². The maximum Gasteiger partial charge on any atom is 0.511 e.